The minimum Gasteiger partial charge on any atom is -0.366 e. The van der Waals surface area contributed by atoms with Crippen molar-refractivity contribution < 1.29 is 18.4 Å². The average molecular weight is 285 g/mol. The maximum absolute atomic E-state index is 13.5. The van der Waals surface area contributed by atoms with Crippen LogP contribution in [0.4, 0.5) is 14.5 Å². The number of hydrogen-bond donors (Lipinski definition) is 3. The highest BCUT2D eigenvalue weighted by atomic mass is 19.1. The third kappa shape index (κ3) is 3.99. The molecule has 20 heavy (non-hydrogen) atoms. The summed E-state index contributed by atoms with van der Waals surface area (Å²) >= 11 is 0. The van der Waals surface area contributed by atoms with E-state index in [1.54, 1.807) is 6.92 Å². The Balaban J connectivity index is 2.89. The zero-order valence-electron chi connectivity index (χ0n) is 11.3. The first-order valence-electron chi connectivity index (χ1n) is 6.17. The summed E-state index contributed by atoms with van der Waals surface area (Å²) in [5, 5.41) is 5.29. The Kier molecular flexibility index (Phi) is 5.57. The Morgan fingerprint density at radius 1 is 1.30 bits per heavy atom. The van der Waals surface area contributed by atoms with Gasteiger partial charge in [-0.3, -0.25) is 9.59 Å². The fourth-order valence-corrected chi connectivity index (χ4v) is 1.54. The molecule has 0 aromatic heterocycles. The van der Waals surface area contributed by atoms with Crippen molar-refractivity contribution in [3.63, 3.8) is 0 Å². The van der Waals surface area contributed by atoms with E-state index in [9.17, 15) is 18.4 Å². The maximum atomic E-state index is 13.5. The van der Waals surface area contributed by atoms with Crippen LogP contribution >= 0.6 is 0 Å². The van der Waals surface area contributed by atoms with E-state index in [0.29, 0.717) is 19.2 Å². The van der Waals surface area contributed by atoms with Gasteiger partial charge in [-0.15, -0.1) is 0 Å². The fraction of sp³-hybridized carbons (Fsp3) is 0.385. The lowest BCUT2D eigenvalue weighted by atomic mass is 10.1. The van der Waals surface area contributed by atoms with Gasteiger partial charge in [-0.1, -0.05) is 13.8 Å². The van der Waals surface area contributed by atoms with Crippen LogP contribution in [0.15, 0.2) is 12.1 Å². The SMILES string of the molecule is CCNCC(C)C(=O)Nc1cc(C(N)=O)c(F)cc1F. The lowest BCUT2D eigenvalue weighted by molar-refractivity contribution is -0.119. The van der Waals surface area contributed by atoms with Gasteiger partial charge in [-0.25, -0.2) is 8.78 Å². The second-order valence-corrected chi connectivity index (χ2v) is 4.37. The number of hydrogen-bond acceptors (Lipinski definition) is 3. The quantitative estimate of drug-likeness (QED) is 0.735. The van der Waals surface area contributed by atoms with Crippen molar-refractivity contribution in [1.29, 1.82) is 0 Å². The zero-order valence-corrected chi connectivity index (χ0v) is 11.3. The number of primary amides is 1. The van der Waals surface area contributed by atoms with Gasteiger partial charge in [0.2, 0.25) is 5.91 Å². The molecule has 0 heterocycles. The third-order valence-electron chi connectivity index (χ3n) is 2.73. The average Bonchev–Trinajstić information content (AvgIpc) is 2.38. The number of carbonyl (C=O) groups is 2. The molecule has 0 aliphatic heterocycles. The largest absolute Gasteiger partial charge is 0.366 e. The van der Waals surface area contributed by atoms with Crippen molar-refractivity contribution >= 4 is 17.5 Å². The van der Waals surface area contributed by atoms with Crippen LogP contribution in [0.1, 0.15) is 24.2 Å². The van der Waals surface area contributed by atoms with Crippen LogP contribution < -0.4 is 16.4 Å². The molecule has 2 amide bonds. The van der Waals surface area contributed by atoms with Crippen molar-refractivity contribution in [3.8, 4) is 0 Å². The predicted molar refractivity (Wildman–Crippen MR) is 71.2 cm³/mol. The Labute approximate surface area is 115 Å². The first kappa shape index (κ1) is 16.0. The summed E-state index contributed by atoms with van der Waals surface area (Å²) in [6, 6.07) is 1.41. The molecule has 4 N–H and O–H groups in total. The van der Waals surface area contributed by atoms with E-state index in [1.165, 1.54) is 0 Å². The molecule has 0 radical (unpaired) electrons. The second-order valence-electron chi connectivity index (χ2n) is 4.37. The van der Waals surface area contributed by atoms with Crippen molar-refractivity contribution in [2.45, 2.75) is 13.8 Å². The van der Waals surface area contributed by atoms with E-state index in [-0.39, 0.29) is 5.69 Å². The number of amides is 2. The molecule has 0 bridgehead atoms. The molecule has 0 spiro atoms. The lowest BCUT2D eigenvalue weighted by Gasteiger charge is -2.13. The highest BCUT2D eigenvalue weighted by Gasteiger charge is 2.18. The Morgan fingerprint density at radius 3 is 2.50 bits per heavy atom. The molecular weight excluding hydrogens is 268 g/mol. The molecule has 1 aromatic rings. The minimum absolute atomic E-state index is 0.270. The molecular formula is C13H17F2N3O2. The van der Waals surface area contributed by atoms with Crippen LogP contribution in [0.25, 0.3) is 0 Å². The molecule has 1 atom stereocenters. The highest BCUT2D eigenvalue weighted by Crippen LogP contribution is 2.20. The summed E-state index contributed by atoms with van der Waals surface area (Å²) < 4.78 is 26.8. The fourth-order valence-electron chi connectivity index (χ4n) is 1.54. The van der Waals surface area contributed by atoms with E-state index in [0.717, 1.165) is 6.07 Å². The van der Waals surface area contributed by atoms with Crippen molar-refractivity contribution in [2.24, 2.45) is 11.7 Å². The number of nitrogens with one attached hydrogen (secondary N) is 2. The Hall–Kier alpha value is -2.02. The number of nitrogens with two attached hydrogens (primary N) is 1. The van der Waals surface area contributed by atoms with Gasteiger partial charge in [0.15, 0.2) is 0 Å². The van der Waals surface area contributed by atoms with Crippen molar-refractivity contribution in [1.82, 2.24) is 5.32 Å². The van der Waals surface area contributed by atoms with Gasteiger partial charge < -0.3 is 16.4 Å². The van der Waals surface area contributed by atoms with E-state index in [1.807, 2.05) is 6.92 Å². The molecule has 7 heteroatoms. The lowest BCUT2D eigenvalue weighted by Crippen LogP contribution is -2.30. The van der Waals surface area contributed by atoms with Crippen LogP contribution in [-0.2, 0) is 4.79 Å². The van der Waals surface area contributed by atoms with Gasteiger partial charge >= 0.3 is 0 Å². The molecule has 0 aliphatic rings. The van der Waals surface area contributed by atoms with Gasteiger partial charge in [0.25, 0.3) is 5.91 Å². The summed E-state index contributed by atoms with van der Waals surface area (Å²) in [6.07, 6.45) is 0. The zero-order chi connectivity index (χ0) is 15.3. The Bertz CT molecular complexity index is 521. The summed E-state index contributed by atoms with van der Waals surface area (Å²) in [4.78, 5) is 22.8. The summed E-state index contributed by atoms with van der Waals surface area (Å²) in [5.41, 5.74) is 4.22. The monoisotopic (exact) mass is 285 g/mol. The molecule has 0 saturated heterocycles. The third-order valence-corrected chi connectivity index (χ3v) is 2.73. The first-order valence-corrected chi connectivity index (χ1v) is 6.17. The minimum atomic E-state index is -1.06. The maximum Gasteiger partial charge on any atom is 0.251 e. The van der Waals surface area contributed by atoms with Crippen LogP contribution in [0.3, 0.4) is 0 Å². The van der Waals surface area contributed by atoms with Crippen molar-refractivity contribution in [2.75, 3.05) is 18.4 Å². The number of anilines is 1. The van der Waals surface area contributed by atoms with E-state index < -0.39 is 34.9 Å². The van der Waals surface area contributed by atoms with Gasteiger partial charge in [0.1, 0.15) is 11.6 Å². The smallest absolute Gasteiger partial charge is 0.251 e. The number of halogens is 2. The van der Waals surface area contributed by atoms with Gasteiger partial charge in [-0.2, -0.15) is 0 Å². The topological polar surface area (TPSA) is 84.2 Å². The molecule has 1 unspecified atom stereocenters. The van der Waals surface area contributed by atoms with Crippen molar-refractivity contribution in [3.05, 3.63) is 29.3 Å². The molecule has 110 valence electrons. The van der Waals surface area contributed by atoms with Gasteiger partial charge in [-0.05, 0) is 12.6 Å². The highest BCUT2D eigenvalue weighted by molar-refractivity contribution is 5.97. The van der Waals surface area contributed by atoms with Crippen LogP contribution in [0.2, 0.25) is 0 Å². The van der Waals surface area contributed by atoms with Crippen LogP contribution in [-0.4, -0.2) is 24.9 Å². The van der Waals surface area contributed by atoms with Gasteiger partial charge in [0, 0.05) is 18.5 Å². The summed E-state index contributed by atoms with van der Waals surface area (Å²) in [6.45, 7) is 4.68. The molecule has 0 saturated carbocycles. The number of rotatable bonds is 6. The van der Waals surface area contributed by atoms with E-state index in [2.05, 4.69) is 10.6 Å². The molecule has 0 fully saturated rings. The summed E-state index contributed by atoms with van der Waals surface area (Å²) in [5.74, 6) is -3.90. The van der Waals surface area contributed by atoms with E-state index >= 15 is 0 Å². The standard InChI is InChI=1S/C13H17F2N3O2/c1-3-17-6-7(2)13(20)18-11-4-8(12(16)19)9(14)5-10(11)15/h4-5,7,17H,3,6H2,1-2H3,(H2,16,19)(H,18,20). The predicted octanol–water partition coefficient (Wildman–Crippen LogP) is 1.25. The number of benzene rings is 1. The molecule has 0 aliphatic carbocycles. The van der Waals surface area contributed by atoms with Gasteiger partial charge in [0.05, 0.1) is 11.3 Å². The number of carbonyl (C=O) groups excluding carboxylic acids is 2. The van der Waals surface area contributed by atoms with Crippen LogP contribution in [0, 0.1) is 17.6 Å². The van der Waals surface area contributed by atoms with Crippen LogP contribution in [0.5, 0.6) is 0 Å². The normalized spacial score (nSPS) is 12.0. The molecule has 5 nitrogen and oxygen atoms in total. The molecule has 1 rings (SSSR count). The molecule has 1 aromatic carbocycles. The summed E-state index contributed by atoms with van der Waals surface area (Å²) in [7, 11) is 0. The first-order chi connectivity index (χ1) is 9.36. The van der Waals surface area contributed by atoms with E-state index in [4.69, 9.17) is 5.73 Å². The Morgan fingerprint density at radius 2 is 1.95 bits per heavy atom. The second kappa shape index (κ2) is 6.95.